The number of nitrogens with one attached hydrogen (secondary N) is 2. The van der Waals surface area contributed by atoms with E-state index in [-0.39, 0.29) is 17.7 Å². The van der Waals surface area contributed by atoms with Crippen molar-refractivity contribution in [1.82, 2.24) is 10.3 Å². The Morgan fingerprint density at radius 3 is 2.69 bits per heavy atom. The second kappa shape index (κ2) is 8.33. The number of nitrogens with zero attached hydrogens (tertiary/aromatic N) is 1. The predicted octanol–water partition coefficient (Wildman–Crippen LogP) is 2.25. The lowest BCUT2D eigenvalue weighted by Gasteiger charge is -2.34. The average Bonchev–Trinajstić information content (AvgIpc) is 3.16. The highest BCUT2D eigenvalue weighted by Crippen LogP contribution is 2.29. The molecule has 2 aliphatic rings. The Bertz CT molecular complexity index is 706. The van der Waals surface area contributed by atoms with Gasteiger partial charge in [0.05, 0.1) is 12.5 Å². The van der Waals surface area contributed by atoms with Crippen LogP contribution in [0.3, 0.4) is 0 Å². The maximum absolute atomic E-state index is 12.6. The van der Waals surface area contributed by atoms with Gasteiger partial charge >= 0.3 is 0 Å². The fourth-order valence-corrected chi connectivity index (χ4v) is 3.43. The molecule has 2 amide bonds. The third-order valence-corrected chi connectivity index (χ3v) is 4.88. The largest absolute Gasteiger partial charge is 0.381 e. The lowest BCUT2D eigenvalue weighted by molar-refractivity contribution is -0.126. The van der Waals surface area contributed by atoms with Crippen LogP contribution in [0.15, 0.2) is 18.3 Å². The minimum absolute atomic E-state index is 0.0535. The molecule has 3 rings (SSSR count). The Balaban J connectivity index is 1.73. The third-order valence-electron chi connectivity index (χ3n) is 4.88. The third kappa shape index (κ3) is 4.83. The summed E-state index contributed by atoms with van der Waals surface area (Å²) >= 11 is 0. The molecule has 1 aromatic rings. The number of carbonyl (C=O) groups excluding carboxylic acids is 2. The molecular formula is C20H25N3O3. The first-order chi connectivity index (χ1) is 12.6. The molecule has 1 aromatic heterocycles. The van der Waals surface area contributed by atoms with Crippen molar-refractivity contribution in [2.45, 2.75) is 51.0 Å². The molecule has 1 aliphatic carbocycles. The first-order valence-electron chi connectivity index (χ1n) is 9.23. The molecule has 1 aliphatic heterocycles. The van der Waals surface area contributed by atoms with E-state index in [1.54, 1.807) is 12.3 Å². The van der Waals surface area contributed by atoms with Gasteiger partial charge in [0.2, 0.25) is 11.8 Å². The molecule has 0 spiro atoms. The molecule has 1 atom stereocenters. The molecule has 2 N–H and O–H groups in total. The lowest BCUT2D eigenvalue weighted by atomic mass is 9.81. The van der Waals surface area contributed by atoms with Crippen LogP contribution < -0.4 is 10.6 Å². The summed E-state index contributed by atoms with van der Waals surface area (Å²) in [5.74, 6) is 6.82. The fourth-order valence-electron chi connectivity index (χ4n) is 3.43. The quantitative estimate of drug-likeness (QED) is 0.815. The number of hydrogen-bond donors (Lipinski definition) is 2. The van der Waals surface area contributed by atoms with E-state index in [9.17, 15) is 9.59 Å². The SMILES string of the molecule is CC(=O)Nc1ccc(C#CC2(NC(=O)[C@H]3CCOC3)CCCCC2)cn1. The van der Waals surface area contributed by atoms with E-state index in [2.05, 4.69) is 27.5 Å². The number of pyridine rings is 1. The van der Waals surface area contributed by atoms with Crippen molar-refractivity contribution in [2.75, 3.05) is 18.5 Å². The van der Waals surface area contributed by atoms with Crippen LogP contribution in [0.5, 0.6) is 0 Å². The number of aromatic nitrogens is 1. The topological polar surface area (TPSA) is 80.3 Å². The van der Waals surface area contributed by atoms with Crippen LogP contribution in [0.25, 0.3) is 0 Å². The van der Waals surface area contributed by atoms with Gasteiger partial charge in [0.25, 0.3) is 0 Å². The minimum Gasteiger partial charge on any atom is -0.381 e. The summed E-state index contributed by atoms with van der Waals surface area (Å²) in [7, 11) is 0. The smallest absolute Gasteiger partial charge is 0.226 e. The number of rotatable bonds is 3. The van der Waals surface area contributed by atoms with Crippen molar-refractivity contribution in [3.05, 3.63) is 23.9 Å². The summed E-state index contributed by atoms with van der Waals surface area (Å²) in [6.07, 6.45) is 7.48. The van der Waals surface area contributed by atoms with Crippen molar-refractivity contribution >= 4 is 17.6 Å². The van der Waals surface area contributed by atoms with Gasteiger partial charge in [0.1, 0.15) is 11.4 Å². The van der Waals surface area contributed by atoms with Gasteiger partial charge in [-0.2, -0.15) is 0 Å². The van der Waals surface area contributed by atoms with E-state index in [1.807, 2.05) is 6.07 Å². The molecule has 0 bridgehead atoms. The van der Waals surface area contributed by atoms with E-state index < -0.39 is 5.54 Å². The Kier molecular flexibility index (Phi) is 5.89. The highest BCUT2D eigenvalue weighted by Gasteiger charge is 2.35. The number of amides is 2. The Labute approximate surface area is 154 Å². The molecule has 6 nitrogen and oxygen atoms in total. The summed E-state index contributed by atoms with van der Waals surface area (Å²) in [6, 6.07) is 3.56. The van der Waals surface area contributed by atoms with Crippen LogP contribution in [-0.2, 0) is 14.3 Å². The van der Waals surface area contributed by atoms with Gasteiger partial charge in [-0.05, 0) is 31.4 Å². The van der Waals surface area contributed by atoms with E-state index in [0.29, 0.717) is 19.0 Å². The molecule has 0 unspecified atom stereocenters. The van der Waals surface area contributed by atoms with Gasteiger partial charge in [-0.1, -0.05) is 31.1 Å². The van der Waals surface area contributed by atoms with E-state index in [0.717, 1.165) is 37.7 Å². The molecule has 2 heterocycles. The highest BCUT2D eigenvalue weighted by molar-refractivity contribution is 5.87. The molecular weight excluding hydrogens is 330 g/mol. The molecule has 1 saturated heterocycles. The zero-order valence-electron chi connectivity index (χ0n) is 15.1. The van der Waals surface area contributed by atoms with Gasteiger partial charge in [0, 0.05) is 25.3 Å². The van der Waals surface area contributed by atoms with Crippen LogP contribution in [0.4, 0.5) is 5.82 Å². The Morgan fingerprint density at radius 1 is 1.27 bits per heavy atom. The molecule has 2 fully saturated rings. The van der Waals surface area contributed by atoms with Crippen LogP contribution in [0.1, 0.15) is 51.0 Å². The monoisotopic (exact) mass is 355 g/mol. The zero-order valence-corrected chi connectivity index (χ0v) is 15.1. The second-order valence-corrected chi connectivity index (χ2v) is 7.06. The molecule has 1 saturated carbocycles. The normalized spacial score (nSPS) is 21.3. The van der Waals surface area contributed by atoms with Crippen LogP contribution in [0.2, 0.25) is 0 Å². The summed E-state index contributed by atoms with van der Waals surface area (Å²) in [4.78, 5) is 27.8. The molecule has 0 aromatic carbocycles. The number of ether oxygens (including phenoxy) is 1. The fraction of sp³-hybridized carbons (Fsp3) is 0.550. The summed E-state index contributed by atoms with van der Waals surface area (Å²) in [5.41, 5.74) is 0.302. The van der Waals surface area contributed by atoms with Gasteiger partial charge in [-0.15, -0.1) is 0 Å². The van der Waals surface area contributed by atoms with Gasteiger partial charge < -0.3 is 15.4 Å². The summed E-state index contributed by atoms with van der Waals surface area (Å²) in [5, 5.41) is 5.85. The molecule has 6 heteroatoms. The van der Waals surface area contributed by atoms with Crippen molar-refractivity contribution in [2.24, 2.45) is 5.92 Å². The van der Waals surface area contributed by atoms with Crippen LogP contribution in [0, 0.1) is 17.8 Å². The van der Waals surface area contributed by atoms with Gasteiger partial charge in [-0.3, -0.25) is 9.59 Å². The molecule has 138 valence electrons. The average molecular weight is 355 g/mol. The van der Waals surface area contributed by atoms with Crippen molar-refractivity contribution in [3.8, 4) is 11.8 Å². The number of hydrogen-bond acceptors (Lipinski definition) is 4. The molecule has 0 radical (unpaired) electrons. The summed E-state index contributed by atoms with van der Waals surface area (Å²) in [6.45, 7) is 2.60. The number of anilines is 1. The number of carbonyl (C=O) groups is 2. The molecule has 26 heavy (non-hydrogen) atoms. The Morgan fingerprint density at radius 2 is 2.08 bits per heavy atom. The predicted molar refractivity (Wildman–Crippen MR) is 98.3 cm³/mol. The standard InChI is InChI=1S/C20H25N3O3/c1-15(24)22-18-6-5-16(13-21-18)7-11-20(9-3-2-4-10-20)23-19(25)17-8-12-26-14-17/h5-6,13,17H,2-4,8-10,12,14H2,1H3,(H,23,25)(H,21,22,24)/t17-/m0/s1. The van der Waals surface area contributed by atoms with Crippen LogP contribution >= 0.6 is 0 Å². The summed E-state index contributed by atoms with van der Waals surface area (Å²) < 4.78 is 5.33. The maximum atomic E-state index is 12.6. The van der Waals surface area contributed by atoms with E-state index in [4.69, 9.17) is 4.74 Å². The Hall–Kier alpha value is -2.39. The maximum Gasteiger partial charge on any atom is 0.226 e. The van der Waals surface area contributed by atoms with Crippen molar-refractivity contribution in [1.29, 1.82) is 0 Å². The van der Waals surface area contributed by atoms with Gasteiger partial charge in [-0.25, -0.2) is 4.98 Å². The van der Waals surface area contributed by atoms with E-state index >= 15 is 0 Å². The van der Waals surface area contributed by atoms with Gasteiger partial charge in [0.15, 0.2) is 0 Å². The zero-order chi connectivity index (χ0) is 18.4. The second-order valence-electron chi connectivity index (χ2n) is 7.06. The highest BCUT2D eigenvalue weighted by atomic mass is 16.5. The van der Waals surface area contributed by atoms with Crippen molar-refractivity contribution < 1.29 is 14.3 Å². The first kappa shape index (κ1) is 18.4. The minimum atomic E-state index is -0.464. The van der Waals surface area contributed by atoms with Crippen molar-refractivity contribution in [3.63, 3.8) is 0 Å². The lowest BCUT2D eigenvalue weighted by Crippen LogP contribution is -2.50. The van der Waals surface area contributed by atoms with E-state index in [1.165, 1.54) is 13.3 Å². The first-order valence-corrected chi connectivity index (χ1v) is 9.23. The van der Waals surface area contributed by atoms with Crippen LogP contribution in [-0.4, -0.2) is 35.6 Å².